The molecule has 1 heterocycles. The van der Waals surface area contributed by atoms with Crippen LogP contribution < -0.4 is 10.6 Å². The molecule has 1 saturated heterocycles. The maximum atomic E-state index is 6.16. The minimum absolute atomic E-state index is 0.380. The van der Waals surface area contributed by atoms with E-state index in [1.807, 2.05) is 0 Å². The van der Waals surface area contributed by atoms with Crippen molar-refractivity contribution in [1.29, 1.82) is 0 Å². The van der Waals surface area contributed by atoms with Gasteiger partial charge in [-0.25, -0.2) is 0 Å². The van der Waals surface area contributed by atoms with Crippen molar-refractivity contribution in [2.75, 3.05) is 18.4 Å². The molecule has 132 valence electrons. The number of nitrogens with zero attached hydrogens (tertiary/aromatic N) is 1. The smallest absolute Gasteiger partial charge is 0.171 e. The quantitative estimate of drug-likeness (QED) is 0.718. The molecule has 0 aliphatic carbocycles. The van der Waals surface area contributed by atoms with Crippen molar-refractivity contribution in [2.45, 2.75) is 25.4 Å². The lowest BCUT2D eigenvalue weighted by atomic mass is 10.0. The zero-order valence-corrected chi connectivity index (χ0v) is 16.2. The third-order valence-corrected chi connectivity index (χ3v) is 5.13. The van der Waals surface area contributed by atoms with Gasteiger partial charge < -0.3 is 10.6 Å². The first-order valence-electron chi connectivity index (χ1n) is 8.39. The minimum Gasteiger partial charge on any atom is -0.360 e. The van der Waals surface area contributed by atoms with Gasteiger partial charge in [0.25, 0.3) is 0 Å². The lowest BCUT2D eigenvalue weighted by Crippen LogP contribution is -2.45. The molecule has 0 aromatic heterocycles. The molecular weight excluding hydrogens is 373 g/mol. The zero-order chi connectivity index (χ0) is 17.6. The Kier molecular flexibility index (Phi) is 6.54. The summed E-state index contributed by atoms with van der Waals surface area (Å²) in [6.45, 7) is 3.13. The Bertz CT molecular complexity index is 716. The van der Waals surface area contributed by atoms with Crippen molar-refractivity contribution in [3.8, 4) is 0 Å². The van der Waals surface area contributed by atoms with Crippen LogP contribution in [0.5, 0.6) is 0 Å². The Hall–Kier alpha value is -1.33. The predicted molar refractivity (Wildman–Crippen MR) is 111 cm³/mol. The van der Waals surface area contributed by atoms with Gasteiger partial charge in [-0.2, -0.15) is 0 Å². The summed E-state index contributed by atoms with van der Waals surface area (Å²) in [6.07, 6.45) is 2.13. The van der Waals surface area contributed by atoms with Gasteiger partial charge in [0, 0.05) is 30.7 Å². The molecule has 1 fully saturated rings. The molecule has 0 atom stereocenters. The average molecular weight is 394 g/mol. The third kappa shape index (κ3) is 5.58. The van der Waals surface area contributed by atoms with Crippen molar-refractivity contribution >= 4 is 46.2 Å². The summed E-state index contributed by atoms with van der Waals surface area (Å²) in [7, 11) is 0. The van der Waals surface area contributed by atoms with E-state index >= 15 is 0 Å². The van der Waals surface area contributed by atoms with E-state index < -0.39 is 0 Å². The molecule has 0 radical (unpaired) electrons. The summed E-state index contributed by atoms with van der Waals surface area (Å²) < 4.78 is 0. The summed E-state index contributed by atoms with van der Waals surface area (Å²) in [4.78, 5) is 2.48. The maximum absolute atomic E-state index is 6.16. The first-order chi connectivity index (χ1) is 12.1. The lowest BCUT2D eigenvalue weighted by Gasteiger charge is -2.33. The second-order valence-corrected chi connectivity index (χ2v) is 7.51. The van der Waals surface area contributed by atoms with E-state index in [2.05, 4.69) is 45.9 Å². The van der Waals surface area contributed by atoms with Gasteiger partial charge in [-0.1, -0.05) is 53.5 Å². The van der Waals surface area contributed by atoms with Crippen molar-refractivity contribution in [3.63, 3.8) is 0 Å². The fraction of sp³-hybridized carbons (Fsp3) is 0.316. The van der Waals surface area contributed by atoms with Crippen LogP contribution in [0, 0.1) is 0 Å². The molecule has 3 nitrogen and oxygen atoms in total. The largest absolute Gasteiger partial charge is 0.360 e. The molecule has 1 aliphatic rings. The molecule has 2 aromatic rings. The Morgan fingerprint density at radius 2 is 1.80 bits per heavy atom. The van der Waals surface area contributed by atoms with Crippen LogP contribution in [0.2, 0.25) is 10.0 Å². The van der Waals surface area contributed by atoms with Crippen LogP contribution in [0.4, 0.5) is 5.69 Å². The molecule has 25 heavy (non-hydrogen) atoms. The minimum atomic E-state index is 0.380. The Balaban J connectivity index is 1.45. The molecule has 3 rings (SSSR count). The van der Waals surface area contributed by atoms with E-state index in [1.165, 1.54) is 5.56 Å². The van der Waals surface area contributed by atoms with Gasteiger partial charge in [0.05, 0.1) is 10.7 Å². The van der Waals surface area contributed by atoms with Gasteiger partial charge in [0.15, 0.2) is 5.11 Å². The number of hydrogen-bond acceptors (Lipinski definition) is 2. The highest BCUT2D eigenvalue weighted by atomic mass is 35.5. The molecule has 0 spiro atoms. The van der Waals surface area contributed by atoms with Crippen LogP contribution in [-0.4, -0.2) is 29.1 Å². The van der Waals surface area contributed by atoms with Crippen molar-refractivity contribution in [3.05, 3.63) is 64.1 Å². The summed E-state index contributed by atoms with van der Waals surface area (Å²) in [5.41, 5.74) is 2.09. The highest BCUT2D eigenvalue weighted by Gasteiger charge is 2.20. The molecule has 6 heteroatoms. The summed E-state index contributed by atoms with van der Waals surface area (Å²) in [5, 5.41) is 8.35. The van der Waals surface area contributed by atoms with E-state index in [0.717, 1.165) is 38.2 Å². The number of likely N-dealkylation sites (tertiary alicyclic amines) is 1. The highest BCUT2D eigenvalue weighted by Crippen LogP contribution is 2.25. The number of piperidine rings is 1. The monoisotopic (exact) mass is 393 g/mol. The first kappa shape index (κ1) is 18.5. The second kappa shape index (κ2) is 8.86. The van der Waals surface area contributed by atoms with E-state index in [4.69, 9.17) is 35.4 Å². The Labute approximate surface area is 164 Å². The van der Waals surface area contributed by atoms with Crippen molar-refractivity contribution < 1.29 is 0 Å². The number of thiocarbonyl (C=S) groups is 1. The van der Waals surface area contributed by atoms with Gasteiger partial charge in [-0.3, -0.25) is 4.90 Å². The SMILES string of the molecule is S=C(Nc1cc(Cl)ccc1Cl)NC1CCN(Cc2ccccc2)CC1. The van der Waals surface area contributed by atoms with Crippen LogP contribution in [0.3, 0.4) is 0 Å². The van der Waals surface area contributed by atoms with Gasteiger partial charge >= 0.3 is 0 Å². The zero-order valence-electron chi connectivity index (χ0n) is 13.8. The van der Waals surface area contributed by atoms with Gasteiger partial charge in [-0.15, -0.1) is 0 Å². The first-order valence-corrected chi connectivity index (χ1v) is 9.55. The van der Waals surface area contributed by atoms with E-state index in [9.17, 15) is 0 Å². The number of nitrogens with one attached hydrogen (secondary N) is 2. The van der Waals surface area contributed by atoms with Crippen LogP contribution in [0.15, 0.2) is 48.5 Å². The summed E-state index contributed by atoms with van der Waals surface area (Å²) >= 11 is 17.6. The van der Waals surface area contributed by atoms with Crippen LogP contribution in [0.1, 0.15) is 18.4 Å². The fourth-order valence-corrected chi connectivity index (χ4v) is 3.63. The van der Waals surface area contributed by atoms with Gasteiger partial charge in [0.2, 0.25) is 0 Å². The molecule has 0 unspecified atom stereocenters. The molecule has 0 saturated carbocycles. The summed E-state index contributed by atoms with van der Waals surface area (Å²) in [6, 6.07) is 16.3. The number of rotatable bonds is 4. The lowest BCUT2D eigenvalue weighted by molar-refractivity contribution is 0.199. The van der Waals surface area contributed by atoms with Crippen molar-refractivity contribution in [1.82, 2.24) is 10.2 Å². The van der Waals surface area contributed by atoms with Crippen LogP contribution in [-0.2, 0) is 6.54 Å². The Morgan fingerprint density at radius 1 is 1.08 bits per heavy atom. The maximum Gasteiger partial charge on any atom is 0.171 e. The standard InChI is InChI=1S/C19H21Cl2N3S/c20-15-6-7-17(21)18(12-15)23-19(25)22-16-8-10-24(11-9-16)13-14-4-2-1-3-5-14/h1-7,12,16H,8-11,13H2,(H2,22,23,25). The molecule has 2 aromatic carbocycles. The normalized spacial score (nSPS) is 15.8. The number of anilines is 1. The topological polar surface area (TPSA) is 27.3 Å². The second-order valence-electron chi connectivity index (χ2n) is 6.26. The third-order valence-electron chi connectivity index (χ3n) is 4.35. The average Bonchev–Trinajstić information content (AvgIpc) is 2.61. The Morgan fingerprint density at radius 3 is 2.52 bits per heavy atom. The molecule has 1 aliphatic heterocycles. The van der Waals surface area contributed by atoms with Crippen molar-refractivity contribution in [2.24, 2.45) is 0 Å². The molecular formula is C19H21Cl2N3S. The van der Waals surface area contributed by atoms with Crippen LogP contribution >= 0.6 is 35.4 Å². The number of hydrogen-bond donors (Lipinski definition) is 2. The molecule has 0 bridgehead atoms. The summed E-state index contributed by atoms with van der Waals surface area (Å²) in [5.74, 6) is 0. The van der Waals surface area contributed by atoms with E-state index in [-0.39, 0.29) is 0 Å². The molecule has 0 amide bonds. The number of benzene rings is 2. The van der Waals surface area contributed by atoms with E-state index in [1.54, 1.807) is 18.2 Å². The molecule has 2 N–H and O–H groups in total. The van der Waals surface area contributed by atoms with Gasteiger partial charge in [0.1, 0.15) is 0 Å². The fourth-order valence-electron chi connectivity index (χ4n) is 3.01. The van der Waals surface area contributed by atoms with Gasteiger partial charge in [-0.05, 0) is 48.8 Å². The number of halogens is 2. The van der Waals surface area contributed by atoms with E-state index in [0.29, 0.717) is 21.2 Å². The highest BCUT2D eigenvalue weighted by molar-refractivity contribution is 7.80. The predicted octanol–water partition coefficient (Wildman–Crippen LogP) is 4.94. The van der Waals surface area contributed by atoms with Crippen LogP contribution in [0.25, 0.3) is 0 Å².